The molecule has 0 fully saturated rings. The van der Waals surface area contributed by atoms with E-state index in [0.29, 0.717) is 12.2 Å². The van der Waals surface area contributed by atoms with Crippen molar-refractivity contribution in [2.75, 3.05) is 4.90 Å². The highest BCUT2D eigenvalue weighted by Gasteiger charge is 2.27. The Morgan fingerprint density at radius 2 is 1.84 bits per heavy atom. The molecule has 19 heavy (non-hydrogen) atoms. The maximum atomic E-state index is 12.3. The molecule has 1 amide bonds. The second-order valence-electron chi connectivity index (χ2n) is 4.25. The highest BCUT2D eigenvalue weighted by molar-refractivity contribution is 6.10. The molecule has 1 aliphatic rings. The SMILES string of the molecule is [N-]=[N+]=Nc1ccc(N2Cc3ccccc3C2=O)cc1. The van der Waals surface area contributed by atoms with Gasteiger partial charge >= 0.3 is 0 Å². The molecule has 1 aliphatic heterocycles. The first-order valence-electron chi connectivity index (χ1n) is 5.84. The predicted octanol–water partition coefficient (Wildman–Crippen LogP) is 3.79. The van der Waals surface area contributed by atoms with Gasteiger partial charge in [0, 0.05) is 21.8 Å². The van der Waals surface area contributed by atoms with E-state index in [4.69, 9.17) is 5.53 Å². The van der Waals surface area contributed by atoms with Crippen LogP contribution in [0.5, 0.6) is 0 Å². The molecule has 0 atom stereocenters. The van der Waals surface area contributed by atoms with E-state index in [2.05, 4.69) is 10.0 Å². The van der Waals surface area contributed by atoms with Crippen molar-refractivity contribution in [3.05, 3.63) is 70.1 Å². The monoisotopic (exact) mass is 250 g/mol. The van der Waals surface area contributed by atoms with E-state index >= 15 is 0 Å². The summed E-state index contributed by atoms with van der Waals surface area (Å²) in [5, 5.41) is 3.51. The van der Waals surface area contributed by atoms with Crippen LogP contribution in [-0.4, -0.2) is 5.91 Å². The Labute approximate surface area is 109 Å². The fourth-order valence-electron chi connectivity index (χ4n) is 2.21. The molecule has 92 valence electrons. The molecule has 1 heterocycles. The van der Waals surface area contributed by atoms with Gasteiger partial charge in [-0.3, -0.25) is 4.79 Å². The number of rotatable bonds is 2. The van der Waals surface area contributed by atoms with Crippen LogP contribution >= 0.6 is 0 Å². The largest absolute Gasteiger partial charge is 0.304 e. The van der Waals surface area contributed by atoms with Gasteiger partial charge in [0.05, 0.1) is 6.54 Å². The first-order chi connectivity index (χ1) is 9.29. The molecule has 0 aliphatic carbocycles. The van der Waals surface area contributed by atoms with Crippen LogP contribution in [0.2, 0.25) is 0 Å². The van der Waals surface area contributed by atoms with Gasteiger partial charge in [0.1, 0.15) is 0 Å². The second kappa shape index (κ2) is 4.48. The summed E-state index contributed by atoms with van der Waals surface area (Å²) in [4.78, 5) is 16.7. The number of azide groups is 1. The third-order valence-electron chi connectivity index (χ3n) is 3.14. The normalized spacial score (nSPS) is 13.1. The number of hydrogen-bond donors (Lipinski definition) is 0. The molecule has 0 unspecified atom stereocenters. The smallest absolute Gasteiger partial charge is 0.258 e. The number of benzene rings is 2. The standard InChI is InChI=1S/C14H10N4O/c15-17-16-11-5-7-12(8-6-11)18-9-10-3-1-2-4-13(10)14(18)19/h1-8H,9H2. The first-order valence-corrected chi connectivity index (χ1v) is 5.84. The van der Waals surface area contributed by atoms with Crippen LogP contribution in [0.1, 0.15) is 15.9 Å². The summed E-state index contributed by atoms with van der Waals surface area (Å²) in [7, 11) is 0. The number of hydrogen-bond acceptors (Lipinski definition) is 2. The van der Waals surface area contributed by atoms with Crippen LogP contribution < -0.4 is 4.90 Å². The molecule has 0 bridgehead atoms. The highest BCUT2D eigenvalue weighted by atomic mass is 16.2. The minimum atomic E-state index is 0.00661. The van der Waals surface area contributed by atoms with Crippen LogP contribution in [0.3, 0.4) is 0 Å². The minimum Gasteiger partial charge on any atom is -0.304 e. The molecular weight excluding hydrogens is 240 g/mol. The van der Waals surface area contributed by atoms with Gasteiger partial charge in [0.25, 0.3) is 5.91 Å². The number of fused-ring (bicyclic) bond motifs is 1. The van der Waals surface area contributed by atoms with E-state index in [1.54, 1.807) is 29.2 Å². The summed E-state index contributed by atoms with van der Waals surface area (Å²) >= 11 is 0. The fraction of sp³-hybridized carbons (Fsp3) is 0.0714. The lowest BCUT2D eigenvalue weighted by molar-refractivity contribution is 0.0996. The fourth-order valence-corrected chi connectivity index (χ4v) is 2.21. The van der Waals surface area contributed by atoms with Crippen molar-refractivity contribution < 1.29 is 4.79 Å². The van der Waals surface area contributed by atoms with E-state index < -0.39 is 0 Å². The molecule has 5 heteroatoms. The van der Waals surface area contributed by atoms with E-state index in [1.165, 1.54) is 0 Å². The highest BCUT2D eigenvalue weighted by Crippen LogP contribution is 2.29. The van der Waals surface area contributed by atoms with E-state index in [9.17, 15) is 4.79 Å². The lowest BCUT2D eigenvalue weighted by atomic mass is 10.1. The van der Waals surface area contributed by atoms with Gasteiger partial charge < -0.3 is 4.90 Å². The summed E-state index contributed by atoms with van der Waals surface area (Å²) in [6, 6.07) is 14.6. The molecule has 0 aromatic heterocycles. The van der Waals surface area contributed by atoms with Gasteiger partial charge in [-0.25, -0.2) is 0 Å². The van der Waals surface area contributed by atoms with Crippen molar-refractivity contribution in [1.29, 1.82) is 0 Å². The predicted molar refractivity (Wildman–Crippen MR) is 72.2 cm³/mol. The molecular formula is C14H10N4O. The summed E-state index contributed by atoms with van der Waals surface area (Å²) in [5.41, 5.74) is 11.5. The number of amides is 1. The Morgan fingerprint density at radius 3 is 2.53 bits per heavy atom. The minimum absolute atomic E-state index is 0.00661. The van der Waals surface area contributed by atoms with Gasteiger partial charge in [-0.05, 0) is 29.3 Å². The average Bonchev–Trinajstić information content (AvgIpc) is 2.78. The van der Waals surface area contributed by atoms with Crippen LogP contribution in [0, 0.1) is 0 Å². The van der Waals surface area contributed by atoms with Crippen LogP contribution in [0.15, 0.2) is 53.6 Å². The molecule has 0 saturated heterocycles. The molecule has 5 nitrogen and oxygen atoms in total. The molecule has 0 saturated carbocycles. The zero-order valence-electron chi connectivity index (χ0n) is 10.0. The zero-order chi connectivity index (χ0) is 13.2. The van der Waals surface area contributed by atoms with Crippen LogP contribution in [0.25, 0.3) is 10.4 Å². The van der Waals surface area contributed by atoms with Gasteiger partial charge in [-0.15, -0.1) is 0 Å². The maximum Gasteiger partial charge on any atom is 0.258 e. The number of anilines is 1. The Kier molecular flexibility index (Phi) is 2.67. The van der Waals surface area contributed by atoms with Gasteiger partial charge in [0.15, 0.2) is 0 Å². The number of nitrogens with zero attached hydrogens (tertiary/aromatic N) is 4. The van der Waals surface area contributed by atoms with Crippen LogP contribution in [-0.2, 0) is 6.54 Å². The van der Waals surface area contributed by atoms with Crippen molar-refractivity contribution in [3.8, 4) is 0 Å². The third kappa shape index (κ3) is 1.92. The molecule has 0 radical (unpaired) electrons. The van der Waals surface area contributed by atoms with Crippen molar-refractivity contribution in [1.82, 2.24) is 0 Å². The Hall–Kier alpha value is -2.78. The van der Waals surface area contributed by atoms with Crippen molar-refractivity contribution >= 4 is 17.3 Å². The number of carbonyl (C=O) groups is 1. The molecule has 2 aromatic carbocycles. The summed E-state index contributed by atoms with van der Waals surface area (Å²) in [6.45, 7) is 0.579. The van der Waals surface area contributed by atoms with Crippen molar-refractivity contribution in [3.63, 3.8) is 0 Å². The van der Waals surface area contributed by atoms with E-state index in [1.807, 2.05) is 24.3 Å². The molecule has 2 aromatic rings. The average molecular weight is 250 g/mol. The van der Waals surface area contributed by atoms with Crippen molar-refractivity contribution in [2.45, 2.75) is 6.54 Å². The van der Waals surface area contributed by atoms with Crippen molar-refractivity contribution in [2.24, 2.45) is 5.11 Å². The van der Waals surface area contributed by atoms with Gasteiger partial charge in [-0.2, -0.15) is 0 Å². The Bertz CT molecular complexity index is 687. The van der Waals surface area contributed by atoms with Crippen LogP contribution in [0.4, 0.5) is 11.4 Å². The lowest BCUT2D eigenvalue weighted by Crippen LogP contribution is -2.22. The quantitative estimate of drug-likeness (QED) is 0.454. The summed E-state index contributed by atoms with van der Waals surface area (Å²) in [6.07, 6.45) is 0. The van der Waals surface area contributed by atoms with Gasteiger partial charge in [-0.1, -0.05) is 35.4 Å². The Morgan fingerprint density at radius 1 is 1.11 bits per heavy atom. The number of carbonyl (C=O) groups excluding carboxylic acids is 1. The topological polar surface area (TPSA) is 69.1 Å². The molecule has 0 N–H and O–H groups in total. The van der Waals surface area contributed by atoms with Gasteiger partial charge in [0.2, 0.25) is 0 Å². The first kappa shape index (κ1) is 11.3. The molecule has 0 spiro atoms. The second-order valence-corrected chi connectivity index (χ2v) is 4.25. The van der Waals surface area contributed by atoms with E-state index in [0.717, 1.165) is 16.8 Å². The lowest BCUT2D eigenvalue weighted by Gasteiger charge is -2.15. The summed E-state index contributed by atoms with van der Waals surface area (Å²) < 4.78 is 0. The molecule has 3 rings (SSSR count). The Balaban J connectivity index is 1.93. The van der Waals surface area contributed by atoms with E-state index in [-0.39, 0.29) is 5.91 Å². The zero-order valence-corrected chi connectivity index (χ0v) is 10.0. The maximum absolute atomic E-state index is 12.3. The summed E-state index contributed by atoms with van der Waals surface area (Å²) in [5.74, 6) is 0.00661. The third-order valence-corrected chi connectivity index (χ3v) is 3.14.